The van der Waals surface area contributed by atoms with Crippen molar-refractivity contribution in [2.45, 2.75) is 33.2 Å². The van der Waals surface area contributed by atoms with Crippen LogP contribution in [0.4, 0.5) is 11.1 Å². The first-order valence-corrected chi connectivity index (χ1v) is 10.1. The maximum atomic E-state index is 12.7. The average Bonchev–Trinajstić information content (AvgIpc) is 3.17. The van der Waals surface area contributed by atoms with Crippen molar-refractivity contribution < 1.29 is 4.79 Å². The molecule has 26 heavy (non-hydrogen) atoms. The maximum absolute atomic E-state index is 12.7. The zero-order valence-corrected chi connectivity index (χ0v) is 16.3. The molecular formula is C19H27N5OS. The molecule has 1 unspecified atom stereocenters. The van der Waals surface area contributed by atoms with E-state index in [9.17, 15) is 4.79 Å². The minimum Gasteiger partial charge on any atom is -0.349 e. The minimum absolute atomic E-state index is 0.0632. The second-order valence-corrected chi connectivity index (χ2v) is 7.27. The van der Waals surface area contributed by atoms with Crippen molar-refractivity contribution >= 4 is 28.5 Å². The number of carbonyl (C=O) groups is 1. The van der Waals surface area contributed by atoms with E-state index in [0.29, 0.717) is 12.5 Å². The molecule has 140 valence electrons. The fourth-order valence-electron chi connectivity index (χ4n) is 3.34. The molecule has 1 aromatic carbocycles. The zero-order chi connectivity index (χ0) is 18.4. The summed E-state index contributed by atoms with van der Waals surface area (Å²) in [7, 11) is 0. The third-order valence-electron chi connectivity index (χ3n) is 4.83. The first-order chi connectivity index (χ1) is 12.7. The van der Waals surface area contributed by atoms with Gasteiger partial charge in [-0.05, 0) is 32.3 Å². The third-order valence-corrected chi connectivity index (χ3v) is 5.60. The standard InChI is InChI=1S/C19H27N5OS/c1-3-23(4-2)17(25)16-11-8-12-24(14-16)19-21-18(22-26-19)20-13-15-9-6-5-7-10-15/h5-7,9-10,16H,3-4,8,11-14H2,1-2H3,(H,20,22). The Hall–Kier alpha value is -2.15. The van der Waals surface area contributed by atoms with E-state index in [0.717, 1.165) is 44.2 Å². The molecule has 1 aliphatic heterocycles. The van der Waals surface area contributed by atoms with E-state index in [2.05, 4.69) is 31.7 Å². The van der Waals surface area contributed by atoms with Gasteiger partial charge in [-0.2, -0.15) is 9.36 Å². The van der Waals surface area contributed by atoms with Gasteiger partial charge in [0.25, 0.3) is 0 Å². The van der Waals surface area contributed by atoms with Gasteiger partial charge in [-0.1, -0.05) is 30.3 Å². The van der Waals surface area contributed by atoms with Gasteiger partial charge in [0.1, 0.15) is 0 Å². The number of amides is 1. The summed E-state index contributed by atoms with van der Waals surface area (Å²) in [6.45, 7) is 8.02. The van der Waals surface area contributed by atoms with Crippen LogP contribution in [-0.4, -0.2) is 46.3 Å². The van der Waals surface area contributed by atoms with E-state index in [4.69, 9.17) is 0 Å². The molecule has 3 rings (SSSR count). The van der Waals surface area contributed by atoms with Crippen LogP contribution in [0, 0.1) is 5.92 Å². The maximum Gasteiger partial charge on any atom is 0.236 e. The molecule has 0 spiro atoms. The minimum atomic E-state index is 0.0632. The van der Waals surface area contributed by atoms with Crippen LogP contribution in [0.2, 0.25) is 0 Å². The van der Waals surface area contributed by atoms with Crippen LogP contribution >= 0.6 is 11.5 Å². The molecule has 1 aromatic heterocycles. The van der Waals surface area contributed by atoms with Crippen LogP contribution in [0.25, 0.3) is 0 Å². The molecule has 0 bridgehead atoms. The molecule has 1 atom stereocenters. The lowest BCUT2D eigenvalue weighted by atomic mass is 9.97. The summed E-state index contributed by atoms with van der Waals surface area (Å²) >= 11 is 1.40. The molecule has 1 N–H and O–H groups in total. The second-order valence-electron chi connectivity index (χ2n) is 6.54. The lowest BCUT2D eigenvalue weighted by Gasteiger charge is -2.34. The summed E-state index contributed by atoms with van der Waals surface area (Å²) < 4.78 is 4.43. The Morgan fingerprint density at radius 2 is 2.08 bits per heavy atom. The van der Waals surface area contributed by atoms with Crippen molar-refractivity contribution in [2.75, 3.05) is 36.4 Å². The molecule has 0 saturated carbocycles. The lowest BCUT2D eigenvalue weighted by molar-refractivity contribution is -0.135. The highest BCUT2D eigenvalue weighted by molar-refractivity contribution is 7.09. The summed E-state index contributed by atoms with van der Waals surface area (Å²) in [6.07, 6.45) is 1.98. The summed E-state index contributed by atoms with van der Waals surface area (Å²) in [5.41, 5.74) is 1.20. The number of hydrogen-bond donors (Lipinski definition) is 1. The van der Waals surface area contributed by atoms with E-state index in [-0.39, 0.29) is 11.8 Å². The Morgan fingerprint density at radius 3 is 2.81 bits per heavy atom. The van der Waals surface area contributed by atoms with Gasteiger partial charge in [0, 0.05) is 44.3 Å². The SMILES string of the molecule is CCN(CC)C(=O)C1CCCN(c2nc(NCc3ccccc3)ns2)C1. The van der Waals surface area contributed by atoms with E-state index in [1.807, 2.05) is 36.9 Å². The number of aromatic nitrogens is 2. The van der Waals surface area contributed by atoms with E-state index in [1.54, 1.807) is 0 Å². The van der Waals surface area contributed by atoms with Gasteiger partial charge in [-0.25, -0.2) is 0 Å². The number of nitrogens with one attached hydrogen (secondary N) is 1. The van der Waals surface area contributed by atoms with Crippen LogP contribution in [0.3, 0.4) is 0 Å². The Balaban J connectivity index is 1.59. The Morgan fingerprint density at radius 1 is 1.31 bits per heavy atom. The molecule has 7 heteroatoms. The van der Waals surface area contributed by atoms with Gasteiger partial charge in [-0.3, -0.25) is 4.79 Å². The van der Waals surface area contributed by atoms with Crippen molar-refractivity contribution in [1.82, 2.24) is 14.3 Å². The van der Waals surface area contributed by atoms with E-state index >= 15 is 0 Å². The number of nitrogens with zero attached hydrogens (tertiary/aromatic N) is 4. The highest BCUT2D eigenvalue weighted by Gasteiger charge is 2.29. The van der Waals surface area contributed by atoms with Crippen molar-refractivity contribution in [1.29, 1.82) is 0 Å². The van der Waals surface area contributed by atoms with Gasteiger partial charge < -0.3 is 15.1 Å². The zero-order valence-electron chi connectivity index (χ0n) is 15.5. The number of anilines is 2. The fraction of sp³-hybridized carbons (Fsp3) is 0.526. The second kappa shape index (κ2) is 8.98. The largest absolute Gasteiger partial charge is 0.349 e. The molecule has 2 aromatic rings. The monoisotopic (exact) mass is 373 g/mol. The third kappa shape index (κ3) is 4.52. The van der Waals surface area contributed by atoms with E-state index in [1.165, 1.54) is 17.1 Å². The normalized spacial score (nSPS) is 17.2. The fourth-order valence-corrected chi connectivity index (χ4v) is 4.02. The molecule has 0 radical (unpaired) electrons. The Labute approximate surface area is 159 Å². The van der Waals surface area contributed by atoms with Crippen molar-refractivity contribution in [3.05, 3.63) is 35.9 Å². The predicted molar refractivity (Wildman–Crippen MR) is 107 cm³/mol. The van der Waals surface area contributed by atoms with Crippen molar-refractivity contribution in [2.24, 2.45) is 5.92 Å². The van der Waals surface area contributed by atoms with Gasteiger partial charge >= 0.3 is 0 Å². The molecule has 0 aliphatic carbocycles. The highest BCUT2D eigenvalue weighted by atomic mass is 32.1. The molecule has 2 heterocycles. The molecule has 1 saturated heterocycles. The van der Waals surface area contributed by atoms with Gasteiger partial charge in [0.15, 0.2) is 0 Å². The van der Waals surface area contributed by atoms with E-state index < -0.39 is 0 Å². The van der Waals surface area contributed by atoms with Gasteiger partial charge in [0.05, 0.1) is 5.92 Å². The van der Waals surface area contributed by atoms with Crippen LogP contribution in [0.15, 0.2) is 30.3 Å². The van der Waals surface area contributed by atoms with Gasteiger partial charge in [0.2, 0.25) is 17.0 Å². The summed E-state index contributed by atoms with van der Waals surface area (Å²) in [4.78, 5) is 21.4. The van der Waals surface area contributed by atoms with Crippen molar-refractivity contribution in [3.63, 3.8) is 0 Å². The quantitative estimate of drug-likeness (QED) is 0.807. The Kier molecular flexibility index (Phi) is 6.44. The molecule has 1 amide bonds. The first-order valence-electron chi connectivity index (χ1n) is 9.36. The summed E-state index contributed by atoms with van der Waals surface area (Å²) in [5.74, 6) is 0.992. The summed E-state index contributed by atoms with van der Waals surface area (Å²) in [6, 6.07) is 10.2. The van der Waals surface area contributed by atoms with Crippen molar-refractivity contribution in [3.8, 4) is 0 Å². The van der Waals surface area contributed by atoms with Crippen LogP contribution in [0.1, 0.15) is 32.3 Å². The molecule has 6 nitrogen and oxygen atoms in total. The highest BCUT2D eigenvalue weighted by Crippen LogP contribution is 2.27. The smallest absolute Gasteiger partial charge is 0.236 e. The first kappa shape index (κ1) is 18.6. The topological polar surface area (TPSA) is 61.4 Å². The number of piperidine rings is 1. The lowest BCUT2D eigenvalue weighted by Crippen LogP contribution is -2.44. The Bertz CT molecular complexity index is 701. The van der Waals surface area contributed by atoms with Crippen LogP contribution in [-0.2, 0) is 11.3 Å². The average molecular weight is 374 g/mol. The number of rotatable bonds is 7. The molecule has 1 aliphatic rings. The van der Waals surface area contributed by atoms with Gasteiger partial charge in [-0.15, -0.1) is 0 Å². The molecule has 1 fully saturated rings. The summed E-state index contributed by atoms with van der Waals surface area (Å²) in [5, 5.41) is 4.18. The molecular weight excluding hydrogens is 346 g/mol. The predicted octanol–water partition coefficient (Wildman–Crippen LogP) is 3.24. The number of hydrogen-bond acceptors (Lipinski definition) is 6. The number of carbonyl (C=O) groups excluding carboxylic acids is 1. The van der Waals surface area contributed by atoms with Crippen LogP contribution in [0.5, 0.6) is 0 Å². The number of benzene rings is 1. The van der Waals surface area contributed by atoms with Crippen LogP contribution < -0.4 is 10.2 Å².